The molecule has 1 aliphatic rings. The molecule has 0 bridgehead atoms. The molecule has 2 aromatic carbocycles. The maximum absolute atomic E-state index is 13.4. The summed E-state index contributed by atoms with van der Waals surface area (Å²) < 4.78 is 40.2. The minimum atomic E-state index is -4.90. The van der Waals surface area contributed by atoms with Crippen molar-refractivity contribution < 1.29 is 37.3 Å². The molecule has 0 saturated carbocycles. The highest BCUT2D eigenvalue weighted by molar-refractivity contribution is 6.24. The van der Waals surface area contributed by atoms with Gasteiger partial charge >= 0.3 is 6.18 Å². The van der Waals surface area contributed by atoms with Gasteiger partial charge in [-0.1, -0.05) is 6.07 Å². The Labute approximate surface area is 177 Å². The highest BCUT2D eigenvalue weighted by Crippen LogP contribution is 2.37. The lowest BCUT2D eigenvalue weighted by molar-refractivity contribution is -0.385. The first-order chi connectivity index (χ1) is 14.9. The number of nitro benzene ring substituents is 1. The van der Waals surface area contributed by atoms with Gasteiger partial charge in [-0.3, -0.25) is 34.2 Å². The van der Waals surface area contributed by atoms with Gasteiger partial charge in [-0.05, 0) is 24.3 Å². The van der Waals surface area contributed by atoms with Gasteiger partial charge in [0.15, 0.2) is 0 Å². The Morgan fingerprint density at radius 2 is 1.78 bits per heavy atom. The number of carbonyl (C=O) groups excluding carboxylic acids is 4. The van der Waals surface area contributed by atoms with Gasteiger partial charge in [0.2, 0.25) is 11.8 Å². The number of fused-ring (bicyclic) bond motifs is 1. The van der Waals surface area contributed by atoms with Crippen LogP contribution in [0.25, 0.3) is 0 Å². The molecule has 0 radical (unpaired) electrons. The Kier molecular flexibility index (Phi) is 5.66. The number of hydrogen-bond donors (Lipinski definition) is 2. The van der Waals surface area contributed by atoms with Crippen LogP contribution in [0.3, 0.4) is 0 Å². The summed E-state index contributed by atoms with van der Waals surface area (Å²) in [5.41, 5.74) is -3.50. The molecule has 0 unspecified atom stereocenters. The highest BCUT2D eigenvalue weighted by Gasteiger charge is 2.42. The van der Waals surface area contributed by atoms with Crippen LogP contribution in [-0.2, 0) is 15.8 Å². The summed E-state index contributed by atoms with van der Waals surface area (Å²) in [4.78, 5) is 59.0. The molecule has 13 heteroatoms. The molecule has 0 saturated heterocycles. The second kappa shape index (κ2) is 8.09. The Hall–Kier alpha value is -4.29. The molecule has 2 aromatic rings. The van der Waals surface area contributed by atoms with Crippen molar-refractivity contribution >= 4 is 40.7 Å². The van der Waals surface area contributed by atoms with E-state index < -0.39 is 63.8 Å². The van der Waals surface area contributed by atoms with Gasteiger partial charge in [-0.15, -0.1) is 0 Å². The number of alkyl halides is 3. The van der Waals surface area contributed by atoms with Crippen molar-refractivity contribution in [3.8, 4) is 0 Å². The predicted molar refractivity (Wildman–Crippen MR) is 103 cm³/mol. The van der Waals surface area contributed by atoms with Crippen molar-refractivity contribution in [2.24, 2.45) is 0 Å². The summed E-state index contributed by atoms with van der Waals surface area (Å²) in [6.07, 6.45) is -4.90. The van der Waals surface area contributed by atoms with Gasteiger partial charge < -0.3 is 10.6 Å². The fourth-order valence-corrected chi connectivity index (χ4v) is 3.11. The lowest BCUT2D eigenvalue weighted by Crippen LogP contribution is -2.37. The van der Waals surface area contributed by atoms with E-state index in [2.05, 4.69) is 5.32 Å². The minimum absolute atomic E-state index is 0.157. The molecule has 166 valence electrons. The van der Waals surface area contributed by atoms with E-state index in [-0.39, 0.29) is 11.3 Å². The molecule has 2 N–H and O–H groups in total. The lowest BCUT2D eigenvalue weighted by Gasteiger charge is -2.17. The molecule has 1 aliphatic heterocycles. The number of rotatable bonds is 5. The van der Waals surface area contributed by atoms with E-state index in [0.29, 0.717) is 11.0 Å². The largest absolute Gasteiger partial charge is 0.418 e. The van der Waals surface area contributed by atoms with Gasteiger partial charge in [0.05, 0.1) is 21.7 Å². The number of nitrogens with zero attached hydrogens (tertiary/aromatic N) is 2. The molecule has 0 fully saturated rings. The van der Waals surface area contributed by atoms with Crippen LogP contribution in [-0.4, -0.2) is 40.0 Å². The standard InChI is InChI=1S/C19H13F3N4O6/c1-9(27)23-10-5-6-13(12(7-10)19(20,21)22)24-15(28)8-25-17(29)11-3-2-4-14(26(31)32)16(11)18(25)30/h2-7H,8H2,1H3,(H,23,27)(H,24,28). The summed E-state index contributed by atoms with van der Waals surface area (Å²) >= 11 is 0. The molecule has 0 aliphatic carbocycles. The van der Waals surface area contributed by atoms with Crippen LogP contribution in [0.4, 0.5) is 30.2 Å². The monoisotopic (exact) mass is 450 g/mol. The zero-order valence-corrected chi connectivity index (χ0v) is 16.1. The smallest absolute Gasteiger partial charge is 0.326 e. The van der Waals surface area contributed by atoms with E-state index in [1.165, 1.54) is 12.1 Å². The summed E-state index contributed by atoms with van der Waals surface area (Å²) in [6, 6.07) is 6.01. The maximum Gasteiger partial charge on any atom is 0.418 e. The number of nitrogens with one attached hydrogen (secondary N) is 2. The van der Waals surface area contributed by atoms with Crippen LogP contribution in [0.1, 0.15) is 33.2 Å². The van der Waals surface area contributed by atoms with Crippen LogP contribution in [0.5, 0.6) is 0 Å². The summed E-state index contributed by atoms with van der Waals surface area (Å²) in [5, 5.41) is 15.3. The van der Waals surface area contributed by atoms with Crippen LogP contribution in [0.2, 0.25) is 0 Å². The van der Waals surface area contributed by atoms with E-state index in [4.69, 9.17) is 0 Å². The third-order valence-electron chi connectivity index (χ3n) is 4.39. The topological polar surface area (TPSA) is 139 Å². The number of hydrogen-bond acceptors (Lipinski definition) is 6. The van der Waals surface area contributed by atoms with Gasteiger partial charge in [0, 0.05) is 18.7 Å². The number of anilines is 2. The Balaban J connectivity index is 1.84. The second-order valence-electron chi connectivity index (χ2n) is 6.64. The van der Waals surface area contributed by atoms with E-state index in [9.17, 15) is 42.5 Å². The zero-order valence-electron chi connectivity index (χ0n) is 16.1. The first kappa shape index (κ1) is 22.4. The van der Waals surface area contributed by atoms with Crippen LogP contribution in [0.15, 0.2) is 36.4 Å². The molecular formula is C19H13F3N4O6. The van der Waals surface area contributed by atoms with Crippen molar-refractivity contribution in [1.29, 1.82) is 0 Å². The fourth-order valence-electron chi connectivity index (χ4n) is 3.11. The Bertz CT molecular complexity index is 1180. The van der Waals surface area contributed by atoms with Crippen molar-refractivity contribution in [2.45, 2.75) is 13.1 Å². The zero-order chi connectivity index (χ0) is 23.8. The van der Waals surface area contributed by atoms with Crippen LogP contribution < -0.4 is 10.6 Å². The average molecular weight is 450 g/mol. The van der Waals surface area contributed by atoms with Crippen molar-refractivity contribution in [3.05, 3.63) is 63.2 Å². The molecule has 3 rings (SSSR count). The lowest BCUT2D eigenvalue weighted by atomic mass is 10.1. The van der Waals surface area contributed by atoms with Crippen LogP contribution in [0, 0.1) is 10.1 Å². The van der Waals surface area contributed by atoms with Gasteiger partial charge in [0.25, 0.3) is 17.5 Å². The van der Waals surface area contributed by atoms with Gasteiger partial charge in [0.1, 0.15) is 12.1 Å². The summed E-state index contributed by atoms with van der Waals surface area (Å²) in [7, 11) is 0. The normalized spacial score (nSPS) is 13.1. The molecule has 32 heavy (non-hydrogen) atoms. The quantitative estimate of drug-likeness (QED) is 0.408. The summed E-state index contributed by atoms with van der Waals surface area (Å²) in [6.45, 7) is 0.142. The van der Waals surface area contributed by atoms with E-state index in [1.807, 2.05) is 5.32 Å². The van der Waals surface area contributed by atoms with Crippen molar-refractivity contribution in [1.82, 2.24) is 4.90 Å². The number of nitro groups is 1. The first-order valence-corrected chi connectivity index (χ1v) is 8.82. The third-order valence-corrected chi connectivity index (χ3v) is 4.39. The summed E-state index contributed by atoms with van der Waals surface area (Å²) in [5.74, 6) is -3.83. The van der Waals surface area contributed by atoms with Gasteiger partial charge in [-0.2, -0.15) is 13.2 Å². The average Bonchev–Trinajstić information content (AvgIpc) is 2.92. The van der Waals surface area contributed by atoms with Crippen LogP contribution >= 0.6 is 0 Å². The second-order valence-corrected chi connectivity index (χ2v) is 6.64. The SMILES string of the molecule is CC(=O)Nc1ccc(NC(=O)CN2C(=O)c3cccc([N+](=O)[O-])c3C2=O)c(C(F)(F)F)c1. The van der Waals surface area contributed by atoms with Gasteiger partial charge in [-0.25, -0.2) is 0 Å². The molecule has 10 nitrogen and oxygen atoms in total. The molecule has 0 spiro atoms. The third kappa shape index (κ3) is 4.26. The highest BCUT2D eigenvalue weighted by atomic mass is 19.4. The van der Waals surface area contributed by atoms with E-state index in [1.54, 1.807) is 0 Å². The molecule has 4 amide bonds. The van der Waals surface area contributed by atoms with E-state index in [0.717, 1.165) is 25.1 Å². The number of benzene rings is 2. The maximum atomic E-state index is 13.4. The molecular weight excluding hydrogens is 437 g/mol. The number of amides is 4. The number of carbonyl (C=O) groups is 4. The molecule has 1 heterocycles. The van der Waals surface area contributed by atoms with E-state index >= 15 is 0 Å². The minimum Gasteiger partial charge on any atom is -0.326 e. The Morgan fingerprint density at radius 1 is 1.09 bits per heavy atom. The molecule has 0 aromatic heterocycles. The van der Waals surface area contributed by atoms with Crippen molar-refractivity contribution in [2.75, 3.05) is 17.2 Å². The fraction of sp³-hybridized carbons (Fsp3) is 0.158. The van der Waals surface area contributed by atoms with Crippen molar-refractivity contribution in [3.63, 3.8) is 0 Å². The Morgan fingerprint density at radius 3 is 2.38 bits per heavy atom. The predicted octanol–water partition coefficient (Wildman–Crippen LogP) is 2.81. The first-order valence-electron chi connectivity index (χ1n) is 8.82. The molecule has 0 atom stereocenters. The number of imide groups is 1. The number of halogens is 3.